The van der Waals surface area contributed by atoms with Crippen LogP contribution >= 0.6 is 0 Å². The summed E-state index contributed by atoms with van der Waals surface area (Å²) in [5, 5.41) is 3.04. The highest BCUT2D eigenvalue weighted by molar-refractivity contribution is 5.76. The SMILES string of the molecule is CC(C)Cn1c(CCCNC(=O)CCc2ccccc2)nc2ccccc21. The van der Waals surface area contributed by atoms with Crippen LogP contribution in [0.3, 0.4) is 0 Å². The lowest BCUT2D eigenvalue weighted by atomic mass is 10.1. The molecule has 1 amide bonds. The molecule has 0 aliphatic carbocycles. The Morgan fingerprint density at radius 2 is 1.78 bits per heavy atom. The summed E-state index contributed by atoms with van der Waals surface area (Å²) >= 11 is 0. The number of aromatic nitrogens is 2. The summed E-state index contributed by atoms with van der Waals surface area (Å²) < 4.78 is 2.33. The highest BCUT2D eigenvalue weighted by Gasteiger charge is 2.11. The van der Waals surface area contributed by atoms with Gasteiger partial charge in [0.15, 0.2) is 0 Å². The number of hydrogen-bond donors (Lipinski definition) is 1. The lowest BCUT2D eigenvalue weighted by molar-refractivity contribution is -0.121. The number of aryl methyl sites for hydroxylation is 2. The molecule has 0 saturated carbocycles. The van der Waals surface area contributed by atoms with Crippen molar-refractivity contribution in [3.8, 4) is 0 Å². The van der Waals surface area contributed by atoms with Gasteiger partial charge in [0.2, 0.25) is 5.91 Å². The van der Waals surface area contributed by atoms with E-state index in [1.54, 1.807) is 0 Å². The minimum absolute atomic E-state index is 0.120. The van der Waals surface area contributed by atoms with Crippen LogP contribution in [0.2, 0.25) is 0 Å². The molecule has 0 saturated heterocycles. The van der Waals surface area contributed by atoms with Crippen LogP contribution in [0.4, 0.5) is 0 Å². The Bertz CT molecular complexity index is 868. The third-order valence-corrected chi connectivity index (χ3v) is 4.66. The van der Waals surface area contributed by atoms with Crippen LogP contribution < -0.4 is 5.32 Å². The number of carbonyl (C=O) groups is 1. The average molecular weight is 364 g/mol. The van der Waals surface area contributed by atoms with Crippen molar-refractivity contribution in [3.63, 3.8) is 0 Å². The van der Waals surface area contributed by atoms with Crippen LogP contribution in [0, 0.1) is 5.92 Å². The van der Waals surface area contributed by atoms with Crippen molar-refractivity contribution in [2.75, 3.05) is 6.54 Å². The molecule has 4 heteroatoms. The van der Waals surface area contributed by atoms with E-state index >= 15 is 0 Å². The second kappa shape index (κ2) is 9.36. The molecule has 1 aromatic heterocycles. The van der Waals surface area contributed by atoms with Crippen molar-refractivity contribution in [1.29, 1.82) is 0 Å². The average Bonchev–Trinajstić information content (AvgIpc) is 3.01. The molecule has 0 atom stereocenters. The minimum atomic E-state index is 0.120. The van der Waals surface area contributed by atoms with E-state index in [2.05, 4.69) is 54.1 Å². The second-order valence-electron chi connectivity index (χ2n) is 7.46. The highest BCUT2D eigenvalue weighted by atomic mass is 16.1. The number of imidazole rings is 1. The van der Waals surface area contributed by atoms with E-state index in [1.807, 2.05) is 24.3 Å². The van der Waals surface area contributed by atoms with Crippen LogP contribution in [0.1, 0.15) is 38.1 Å². The molecule has 0 bridgehead atoms. The second-order valence-corrected chi connectivity index (χ2v) is 7.46. The van der Waals surface area contributed by atoms with Gasteiger partial charge in [-0.15, -0.1) is 0 Å². The third-order valence-electron chi connectivity index (χ3n) is 4.66. The molecule has 0 aliphatic heterocycles. The highest BCUT2D eigenvalue weighted by Crippen LogP contribution is 2.18. The van der Waals surface area contributed by atoms with Gasteiger partial charge in [0.1, 0.15) is 5.82 Å². The molecule has 142 valence electrons. The number of hydrogen-bond acceptors (Lipinski definition) is 2. The van der Waals surface area contributed by atoms with Crippen LogP contribution in [0.25, 0.3) is 11.0 Å². The molecule has 0 aliphatic rings. The number of para-hydroxylation sites is 2. The maximum atomic E-state index is 12.0. The fourth-order valence-electron chi connectivity index (χ4n) is 3.35. The zero-order valence-electron chi connectivity index (χ0n) is 16.3. The number of fused-ring (bicyclic) bond motifs is 1. The normalized spacial score (nSPS) is 11.2. The summed E-state index contributed by atoms with van der Waals surface area (Å²) in [6, 6.07) is 18.5. The smallest absolute Gasteiger partial charge is 0.220 e. The molecular formula is C23H29N3O. The summed E-state index contributed by atoms with van der Waals surface area (Å²) in [5.74, 6) is 1.80. The molecule has 3 aromatic rings. The Morgan fingerprint density at radius 1 is 1.04 bits per heavy atom. The molecule has 0 radical (unpaired) electrons. The minimum Gasteiger partial charge on any atom is -0.356 e. The first-order valence-corrected chi connectivity index (χ1v) is 9.88. The maximum Gasteiger partial charge on any atom is 0.220 e. The Kier molecular flexibility index (Phi) is 6.64. The van der Waals surface area contributed by atoms with Gasteiger partial charge >= 0.3 is 0 Å². The quantitative estimate of drug-likeness (QED) is 0.574. The lowest BCUT2D eigenvalue weighted by Gasteiger charge is -2.12. The monoisotopic (exact) mass is 363 g/mol. The van der Waals surface area contributed by atoms with E-state index in [1.165, 1.54) is 11.1 Å². The van der Waals surface area contributed by atoms with Crippen molar-refractivity contribution in [1.82, 2.24) is 14.9 Å². The fraction of sp³-hybridized carbons (Fsp3) is 0.391. The van der Waals surface area contributed by atoms with Gasteiger partial charge in [-0.25, -0.2) is 4.98 Å². The molecule has 4 nitrogen and oxygen atoms in total. The molecule has 0 unspecified atom stereocenters. The maximum absolute atomic E-state index is 12.0. The number of nitrogens with one attached hydrogen (secondary N) is 1. The topological polar surface area (TPSA) is 46.9 Å². The number of rotatable bonds is 9. The first kappa shape index (κ1) is 19.2. The number of benzene rings is 2. The van der Waals surface area contributed by atoms with E-state index in [0.29, 0.717) is 18.9 Å². The Hall–Kier alpha value is -2.62. The Balaban J connectivity index is 1.49. The van der Waals surface area contributed by atoms with E-state index in [9.17, 15) is 4.79 Å². The van der Waals surface area contributed by atoms with Crippen LogP contribution in [-0.2, 0) is 24.2 Å². The molecule has 0 fully saturated rings. The Labute approximate surface area is 161 Å². The van der Waals surface area contributed by atoms with E-state index in [0.717, 1.165) is 37.1 Å². The van der Waals surface area contributed by atoms with E-state index < -0.39 is 0 Å². The predicted molar refractivity (Wildman–Crippen MR) is 111 cm³/mol. The molecule has 0 spiro atoms. The van der Waals surface area contributed by atoms with Crippen molar-refractivity contribution in [2.24, 2.45) is 5.92 Å². The third kappa shape index (κ3) is 5.43. The molecule has 1 heterocycles. The summed E-state index contributed by atoms with van der Waals surface area (Å²) in [6.45, 7) is 6.12. The predicted octanol–water partition coefficient (Wildman–Crippen LogP) is 4.37. The van der Waals surface area contributed by atoms with Gasteiger partial charge in [-0.2, -0.15) is 0 Å². The molecule has 27 heavy (non-hydrogen) atoms. The number of amides is 1. The molecule has 2 aromatic carbocycles. The number of carbonyl (C=O) groups excluding carboxylic acids is 1. The Morgan fingerprint density at radius 3 is 2.56 bits per heavy atom. The van der Waals surface area contributed by atoms with Crippen molar-refractivity contribution >= 4 is 16.9 Å². The summed E-state index contributed by atoms with van der Waals surface area (Å²) in [6.07, 6.45) is 3.10. The molecular weight excluding hydrogens is 334 g/mol. The molecule has 1 N–H and O–H groups in total. The first-order valence-electron chi connectivity index (χ1n) is 9.88. The van der Waals surface area contributed by atoms with Gasteiger partial charge in [-0.1, -0.05) is 56.3 Å². The van der Waals surface area contributed by atoms with Gasteiger partial charge in [0.25, 0.3) is 0 Å². The fourth-order valence-corrected chi connectivity index (χ4v) is 3.35. The van der Waals surface area contributed by atoms with Crippen molar-refractivity contribution in [3.05, 3.63) is 66.0 Å². The van der Waals surface area contributed by atoms with Gasteiger partial charge in [0, 0.05) is 25.9 Å². The molecule has 3 rings (SSSR count). The van der Waals surface area contributed by atoms with Crippen molar-refractivity contribution in [2.45, 2.75) is 46.1 Å². The van der Waals surface area contributed by atoms with E-state index in [4.69, 9.17) is 4.98 Å². The lowest BCUT2D eigenvalue weighted by Crippen LogP contribution is -2.25. The van der Waals surface area contributed by atoms with E-state index in [-0.39, 0.29) is 5.91 Å². The summed E-state index contributed by atoms with van der Waals surface area (Å²) in [5.41, 5.74) is 3.46. The van der Waals surface area contributed by atoms with Gasteiger partial charge in [0.05, 0.1) is 11.0 Å². The zero-order valence-corrected chi connectivity index (χ0v) is 16.3. The summed E-state index contributed by atoms with van der Waals surface area (Å²) in [4.78, 5) is 16.9. The van der Waals surface area contributed by atoms with Gasteiger partial charge < -0.3 is 9.88 Å². The van der Waals surface area contributed by atoms with Gasteiger partial charge in [-0.3, -0.25) is 4.79 Å². The summed E-state index contributed by atoms with van der Waals surface area (Å²) in [7, 11) is 0. The van der Waals surface area contributed by atoms with Crippen molar-refractivity contribution < 1.29 is 4.79 Å². The zero-order chi connectivity index (χ0) is 19.1. The van der Waals surface area contributed by atoms with Crippen LogP contribution in [0.15, 0.2) is 54.6 Å². The number of nitrogens with zero attached hydrogens (tertiary/aromatic N) is 2. The standard InChI is InChI=1S/C23H29N3O/c1-18(2)17-26-21-12-7-6-11-20(21)25-22(26)13-8-16-24-23(27)15-14-19-9-4-3-5-10-19/h3-7,9-12,18H,8,13-17H2,1-2H3,(H,24,27). The van der Waals surface area contributed by atoms with Crippen LogP contribution in [-0.4, -0.2) is 22.0 Å². The van der Waals surface area contributed by atoms with Gasteiger partial charge in [-0.05, 0) is 36.5 Å². The van der Waals surface area contributed by atoms with Crippen LogP contribution in [0.5, 0.6) is 0 Å². The first-order chi connectivity index (χ1) is 13.1. The largest absolute Gasteiger partial charge is 0.356 e.